The highest BCUT2D eigenvalue weighted by molar-refractivity contribution is 7.99. The molecule has 1 saturated carbocycles. The van der Waals surface area contributed by atoms with Crippen LogP contribution in [0.5, 0.6) is 0 Å². The van der Waals surface area contributed by atoms with Crippen molar-refractivity contribution in [3.63, 3.8) is 0 Å². The molecule has 0 unspecified atom stereocenters. The lowest BCUT2D eigenvalue weighted by molar-refractivity contribution is -0.126. The van der Waals surface area contributed by atoms with E-state index in [9.17, 15) is 14.4 Å². The first kappa shape index (κ1) is 25.9. The van der Waals surface area contributed by atoms with E-state index in [2.05, 4.69) is 15.6 Å². The molecule has 2 amide bonds. The molecule has 5 rings (SSSR count). The fraction of sp³-hybridized carbons (Fsp3) is 0.500. The van der Waals surface area contributed by atoms with Crippen LogP contribution in [0.15, 0.2) is 45.8 Å². The van der Waals surface area contributed by atoms with Gasteiger partial charge in [0, 0.05) is 37.2 Å². The van der Waals surface area contributed by atoms with E-state index in [0.717, 1.165) is 45.1 Å². The van der Waals surface area contributed by atoms with Gasteiger partial charge in [0.25, 0.3) is 5.56 Å². The van der Waals surface area contributed by atoms with Crippen molar-refractivity contribution in [1.29, 1.82) is 0 Å². The van der Waals surface area contributed by atoms with Gasteiger partial charge in [-0.15, -0.1) is 11.3 Å². The van der Waals surface area contributed by atoms with Gasteiger partial charge in [0.1, 0.15) is 0 Å². The average Bonchev–Trinajstić information content (AvgIpc) is 3.63. The van der Waals surface area contributed by atoms with Gasteiger partial charge in [-0.1, -0.05) is 23.9 Å². The van der Waals surface area contributed by atoms with Crippen LogP contribution in [0.2, 0.25) is 0 Å². The molecule has 0 spiro atoms. The molecule has 2 N–H and O–H groups in total. The third kappa shape index (κ3) is 6.58. The van der Waals surface area contributed by atoms with Crippen LogP contribution in [0.1, 0.15) is 38.5 Å². The second-order valence-corrected chi connectivity index (χ2v) is 11.4. The normalized spacial score (nSPS) is 21.7. The number of amides is 2. The molecule has 196 valence electrons. The molecule has 2 aliphatic rings. The van der Waals surface area contributed by atoms with Crippen molar-refractivity contribution in [3.05, 3.63) is 46.2 Å². The lowest BCUT2D eigenvalue weighted by Crippen LogP contribution is -2.38. The molecule has 1 aliphatic carbocycles. The number of carbonyl (C=O) groups is 2. The number of fused-ring (bicyclic) bond motifs is 1. The number of aromatic nitrogens is 3. The number of thiazole rings is 1. The Morgan fingerprint density at radius 3 is 2.76 bits per heavy atom. The summed E-state index contributed by atoms with van der Waals surface area (Å²) in [5.41, 5.74) is 0.531. The maximum atomic E-state index is 13.4. The molecule has 1 aliphatic heterocycles. The SMILES string of the molecule is O=C(CSc1nc2ccccc2c(=O)n1CC1CCC(C(=O)NC[C@@H]2CCCO2)CC1)Nc1nccs1. The Morgan fingerprint density at radius 2 is 2.00 bits per heavy atom. The summed E-state index contributed by atoms with van der Waals surface area (Å²) in [5, 5.41) is 9.29. The first-order valence-corrected chi connectivity index (χ1v) is 14.6. The molecule has 1 saturated heterocycles. The van der Waals surface area contributed by atoms with Crippen LogP contribution in [0.4, 0.5) is 5.13 Å². The van der Waals surface area contributed by atoms with Gasteiger partial charge in [-0.05, 0) is 56.6 Å². The van der Waals surface area contributed by atoms with Crippen LogP contribution >= 0.6 is 23.1 Å². The monoisotopic (exact) mass is 541 g/mol. The van der Waals surface area contributed by atoms with Crippen molar-refractivity contribution in [3.8, 4) is 0 Å². The van der Waals surface area contributed by atoms with Crippen molar-refractivity contribution in [2.24, 2.45) is 11.8 Å². The number of para-hydroxylation sites is 1. The molecule has 2 fully saturated rings. The molecule has 3 heterocycles. The lowest BCUT2D eigenvalue weighted by Gasteiger charge is -2.29. The van der Waals surface area contributed by atoms with Gasteiger partial charge in [-0.3, -0.25) is 19.0 Å². The van der Waals surface area contributed by atoms with Gasteiger partial charge in [0.15, 0.2) is 10.3 Å². The zero-order chi connectivity index (χ0) is 25.6. The lowest BCUT2D eigenvalue weighted by atomic mass is 9.81. The third-order valence-corrected chi connectivity index (χ3v) is 8.69. The van der Waals surface area contributed by atoms with E-state index in [1.807, 2.05) is 18.2 Å². The molecule has 11 heteroatoms. The smallest absolute Gasteiger partial charge is 0.262 e. The van der Waals surface area contributed by atoms with Gasteiger partial charge < -0.3 is 15.4 Å². The van der Waals surface area contributed by atoms with Gasteiger partial charge in [0.2, 0.25) is 11.8 Å². The Kier molecular flexibility index (Phi) is 8.52. The molecule has 9 nitrogen and oxygen atoms in total. The minimum atomic E-state index is -0.191. The average molecular weight is 542 g/mol. The number of nitrogens with one attached hydrogen (secondary N) is 2. The largest absolute Gasteiger partial charge is 0.376 e. The number of rotatable bonds is 9. The van der Waals surface area contributed by atoms with Crippen molar-refractivity contribution >= 4 is 50.9 Å². The fourth-order valence-corrected chi connectivity index (χ4v) is 6.37. The van der Waals surface area contributed by atoms with E-state index in [4.69, 9.17) is 9.72 Å². The van der Waals surface area contributed by atoms with Gasteiger partial charge in [-0.2, -0.15) is 0 Å². The first-order valence-electron chi connectivity index (χ1n) is 12.8. The Morgan fingerprint density at radius 1 is 1.16 bits per heavy atom. The summed E-state index contributed by atoms with van der Waals surface area (Å²) in [6.07, 6.45) is 7.19. The number of nitrogens with zero attached hydrogens (tertiary/aromatic N) is 3. The zero-order valence-electron chi connectivity index (χ0n) is 20.6. The van der Waals surface area contributed by atoms with E-state index in [1.165, 1.54) is 23.1 Å². The number of ether oxygens (including phenoxy) is 1. The molecule has 37 heavy (non-hydrogen) atoms. The van der Waals surface area contributed by atoms with Crippen LogP contribution in [0, 0.1) is 11.8 Å². The van der Waals surface area contributed by atoms with E-state index in [1.54, 1.807) is 22.2 Å². The Bertz CT molecular complexity index is 1280. The van der Waals surface area contributed by atoms with E-state index < -0.39 is 0 Å². The summed E-state index contributed by atoms with van der Waals surface area (Å²) in [7, 11) is 0. The zero-order valence-corrected chi connectivity index (χ0v) is 22.2. The molecule has 3 aromatic rings. The predicted molar refractivity (Wildman–Crippen MR) is 145 cm³/mol. The number of hydrogen-bond acceptors (Lipinski definition) is 8. The second kappa shape index (κ2) is 12.2. The highest BCUT2D eigenvalue weighted by Gasteiger charge is 2.28. The first-order chi connectivity index (χ1) is 18.1. The number of carbonyl (C=O) groups excluding carboxylic acids is 2. The molecule has 1 aromatic carbocycles. The van der Waals surface area contributed by atoms with Gasteiger partial charge in [-0.25, -0.2) is 9.97 Å². The molecule has 0 radical (unpaired) electrons. The number of anilines is 1. The van der Waals surface area contributed by atoms with E-state index in [-0.39, 0.29) is 41.1 Å². The van der Waals surface area contributed by atoms with Crippen LogP contribution in [-0.4, -0.2) is 51.4 Å². The van der Waals surface area contributed by atoms with Crippen LogP contribution in [0.25, 0.3) is 10.9 Å². The van der Waals surface area contributed by atoms with E-state index in [0.29, 0.717) is 34.3 Å². The Balaban J connectivity index is 1.23. The molecule has 1 atom stereocenters. The summed E-state index contributed by atoms with van der Waals surface area (Å²) >= 11 is 2.62. The minimum Gasteiger partial charge on any atom is -0.376 e. The maximum Gasteiger partial charge on any atom is 0.262 e. The summed E-state index contributed by atoms with van der Waals surface area (Å²) in [4.78, 5) is 47.4. The Hall–Kier alpha value is -2.76. The van der Waals surface area contributed by atoms with Crippen molar-refractivity contribution in [2.75, 3.05) is 24.2 Å². The molecular formula is C26H31N5O4S2. The topological polar surface area (TPSA) is 115 Å². The molecule has 2 aromatic heterocycles. The number of thioether (sulfide) groups is 1. The predicted octanol–water partition coefficient (Wildman–Crippen LogP) is 3.69. The Labute approximate surface area is 223 Å². The third-order valence-electron chi connectivity index (χ3n) is 7.02. The fourth-order valence-electron chi connectivity index (χ4n) is 5.02. The van der Waals surface area contributed by atoms with Crippen LogP contribution < -0.4 is 16.2 Å². The van der Waals surface area contributed by atoms with Crippen molar-refractivity contribution < 1.29 is 14.3 Å². The number of benzene rings is 1. The summed E-state index contributed by atoms with van der Waals surface area (Å²) in [6.45, 7) is 1.90. The summed E-state index contributed by atoms with van der Waals surface area (Å²) < 4.78 is 7.32. The van der Waals surface area contributed by atoms with Crippen molar-refractivity contribution in [2.45, 2.75) is 56.3 Å². The van der Waals surface area contributed by atoms with Gasteiger partial charge >= 0.3 is 0 Å². The highest BCUT2D eigenvalue weighted by atomic mass is 32.2. The van der Waals surface area contributed by atoms with Crippen LogP contribution in [-0.2, 0) is 20.9 Å². The van der Waals surface area contributed by atoms with Gasteiger partial charge in [0.05, 0.1) is 22.8 Å². The minimum absolute atomic E-state index is 0.00695. The van der Waals surface area contributed by atoms with E-state index >= 15 is 0 Å². The standard InChI is InChI=1S/C26H31N5O4S2/c32-22(30-25-27-11-13-36-25)16-37-26-29-21-6-2-1-5-20(21)24(34)31(26)15-17-7-9-18(10-8-17)23(33)28-14-19-4-3-12-35-19/h1-2,5-6,11,13,17-19H,3-4,7-10,12,14-16H2,(H,28,33)(H,27,30,32)/t17?,18?,19-/m0/s1. The van der Waals surface area contributed by atoms with Crippen molar-refractivity contribution in [1.82, 2.24) is 19.9 Å². The maximum absolute atomic E-state index is 13.4. The summed E-state index contributed by atoms with van der Waals surface area (Å²) in [5.74, 6) is 0.324. The number of hydrogen-bond donors (Lipinski definition) is 2. The summed E-state index contributed by atoms with van der Waals surface area (Å²) in [6, 6.07) is 7.31. The molecular weight excluding hydrogens is 510 g/mol. The van der Waals surface area contributed by atoms with Crippen LogP contribution in [0.3, 0.4) is 0 Å². The molecule has 0 bridgehead atoms. The highest BCUT2D eigenvalue weighted by Crippen LogP contribution is 2.31. The quantitative estimate of drug-likeness (QED) is 0.314. The second-order valence-electron chi connectivity index (χ2n) is 9.60.